The van der Waals surface area contributed by atoms with Gasteiger partial charge in [-0.05, 0) is 34.2 Å². The lowest BCUT2D eigenvalue weighted by Gasteiger charge is -1.95. The molecule has 10 heteroatoms. The first kappa shape index (κ1) is 14.8. The number of nitrogens with zero attached hydrogens (tertiary/aromatic N) is 5. The van der Waals surface area contributed by atoms with Crippen LogP contribution >= 0.6 is 23.1 Å². The summed E-state index contributed by atoms with van der Waals surface area (Å²) in [5.74, 6) is 0.631. The number of fused-ring (bicyclic) bond motifs is 1. The van der Waals surface area contributed by atoms with E-state index in [1.807, 2.05) is 17.5 Å². The molecule has 0 atom stereocenters. The van der Waals surface area contributed by atoms with Crippen molar-refractivity contribution < 1.29 is 4.92 Å². The average Bonchev–Trinajstić information content (AvgIpc) is 3.27. The molecule has 0 saturated carbocycles. The van der Waals surface area contributed by atoms with E-state index in [-0.39, 0.29) is 10.8 Å². The summed E-state index contributed by atoms with van der Waals surface area (Å²) in [5, 5.41) is 21.1. The zero-order valence-electron chi connectivity index (χ0n) is 12.1. The van der Waals surface area contributed by atoms with Crippen LogP contribution in [-0.2, 0) is 6.42 Å². The maximum Gasteiger partial charge on any atom is 0.362 e. The number of aromatic amines is 1. The van der Waals surface area contributed by atoms with Crippen molar-refractivity contribution in [3.8, 4) is 0 Å². The molecule has 4 aromatic rings. The molecule has 1 N–H and O–H groups in total. The van der Waals surface area contributed by atoms with Gasteiger partial charge in [0.05, 0.1) is 6.20 Å². The first-order chi connectivity index (χ1) is 11.7. The van der Waals surface area contributed by atoms with Gasteiger partial charge in [-0.2, -0.15) is 9.38 Å². The summed E-state index contributed by atoms with van der Waals surface area (Å²) in [7, 11) is 0. The summed E-state index contributed by atoms with van der Waals surface area (Å²) in [5.41, 5.74) is 0.515. The fraction of sp³-hybridized carbons (Fsp3) is 0.0714. The van der Waals surface area contributed by atoms with Gasteiger partial charge in [0.15, 0.2) is 0 Å². The normalized spacial score (nSPS) is 11.2. The number of thiophene rings is 1. The molecule has 0 amide bonds. The number of hydrogen-bond donors (Lipinski definition) is 1. The van der Waals surface area contributed by atoms with E-state index in [9.17, 15) is 10.1 Å². The number of rotatable bonds is 5. The minimum absolute atomic E-state index is 0.0831. The van der Waals surface area contributed by atoms with E-state index in [0.717, 1.165) is 11.8 Å². The third-order valence-electron chi connectivity index (χ3n) is 3.27. The van der Waals surface area contributed by atoms with Crippen molar-refractivity contribution in [2.24, 2.45) is 0 Å². The predicted octanol–water partition coefficient (Wildman–Crippen LogP) is 3.16. The lowest BCUT2D eigenvalue weighted by molar-refractivity contribution is -0.393. The van der Waals surface area contributed by atoms with Crippen molar-refractivity contribution in [1.29, 1.82) is 0 Å². The Bertz CT molecular complexity index is 1010. The number of pyridine rings is 1. The van der Waals surface area contributed by atoms with E-state index in [2.05, 4.69) is 20.2 Å². The first-order valence-corrected chi connectivity index (χ1v) is 8.63. The van der Waals surface area contributed by atoms with Crippen LogP contribution in [0.1, 0.15) is 10.7 Å². The molecule has 4 aromatic heterocycles. The summed E-state index contributed by atoms with van der Waals surface area (Å²) in [6.07, 6.45) is 2.27. The number of hydrogen-bond acceptors (Lipinski definition) is 7. The highest BCUT2D eigenvalue weighted by atomic mass is 32.2. The Morgan fingerprint density at radius 1 is 1.29 bits per heavy atom. The zero-order chi connectivity index (χ0) is 16.5. The van der Waals surface area contributed by atoms with E-state index < -0.39 is 4.92 Å². The molecule has 8 nitrogen and oxygen atoms in total. The smallest absolute Gasteiger partial charge is 0.358 e. The molecule has 24 heavy (non-hydrogen) atoms. The van der Waals surface area contributed by atoms with E-state index in [1.54, 1.807) is 35.7 Å². The summed E-state index contributed by atoms with van der Waals surface area (Å²) in [6, 6.07) is 9.23. The van der Waals surface area contributed by atoms with Crippen molar-refractivity contribution in [2.75, 3.05) is 0 Å². The van der Waals surface area contributed by atoms with Crippen molar-refractivity contribution in [2.45, 2.75) is 16.6 Å². The molecule has 0 aliphatic heterocycles. The Balaban J connectivity index is 1.64. The van der Waals surface area contributed by atoms with Crippen molar-refractivity contribution in [3.63, 3.8) is 0 Å². The van der Waals surface area contributed by atoms with Crippen LogP contribution in [0.2, 0.25) is 0 Å². The summed E-state index contributed by atoms with van der Waals surface area (Å²) in [6.45, 7) is 0. The second-order valence-corrected chi connectivity index (χ2v) is 6.84. The fourth-order valence-corrected chi connectivity index (χ4v) is 3.80. The van der Waals surface area contributed by atoms with E-state index >= 15 is 0 Å². The van der Waals surface area contributed by atoms with Gasteiger partial charge in [-0.3, -0.25) is 5.10 Å². The average molecular weight is 358 g/mol. The third kappa shape index (κ3) is 2.76. The highest BCUT2D eigenvalue weighted by Crippen LogP contribution is 2.33. The van der Waals surface area contributed by atoms with Gasteiger partial charge >= 0.3 is 5.82 Å². The minimum Gasteiger partial charge on any atom is -0.358 e. The van der Waals surface area contributed by atoms with Gasteiger partial charge in [0.1, 0.15) is 5.82 Å². The molecule has 0 aliphatic carbocycles. The lowest BCUT2D eigenvalue weighted by atomic mass is 10.3. The molecule has 4 heterocycles. The van der Waals surface area contributed by atoms with Gasteiger partial charge in [0.25, 0.3) is 0 Å². The van der Waals surface area contributed by atoms with Gasteiger partial charge in [0.2, 0.25) is 15.8 Å². The molecular formula is C14H10N6O2S2. The van der Waals surface area contributed by atoms with Gasteiger partial charge in [0, 0.05) is 17.4 Å². The molecule has 0 fully saturated rings. The highest BCUT2D eigenvalue weighted by molar-refractivity contribution is 7.99. The molecule has 0 bridgehead atoms. The van der Waals surface area contributed by atoms with Crippen LogP contribution in [0.15, 0.2) is 52.1 Å². The van der Waals surface area contributed by atoms with Gasteiger partial charge in [-0.25, -0.2) is 4.98 Å². The van der Waals surface area contributed by atoms with Crippen LogP contribution in [0, 0.1) is 10.1 Å². The van der Waals surface area contributed by atoms with Gasteiger partial charge in [-0.1, -0.05) is 12.1 Å². The molecule has 0 unspecified atom stereocenters. The molecule has 4 rings (SSSR count). The van der Waals surface area contributed by atoms with Gasteiger partial charge in [-0.15, -0.1) is 16.4 Å². The molecule has 120 valence electrons. The summed E-state index contributed by atoms with van der Waals surface area (Å²) >= 11 is 2.72. The molecule has 0 aromatic carbocycles. The lowest BCUT2D eigenvalue weighted by Crippen LogP contribution is -1.94. The van der Waals surface area contributed by atoms with Crippen LogP contribution in [-0.4, -0.2) is 29.5 Å². The number of aromatic nitrogens is 5. The quantitative estimate of drug-likeness (QED) is 0.434. The van der Waals surface area contributed by atoms with Crippen LogP contribution in [0.3, 0.4) is 0 Å². The van der Waals surface area contributed by atoms with Crippen LogP contribution < -0.4 is 0 Å². The van der Waals surface area contributed by atoms with E-state index in [4.69, 9.17) is 0 Å². The second kappa shape index (κ2) is 6.06. The van der Waals surface area contributed by atoms with E-state index in [0.29, 0.717) is 23.0 Å². The van der Waals surface area contributed by atoms with Crippen LogP contribution in [0.25, 0.3) is 5.65 Å². The molecule has 0 saturated heterocycles. The molecular weight excluding hydrogens is 348 g/mol. The summed E-state index contributed by atoms with van der Waals surface area (Å²) in [4.78, 5) is 20.8. The Kier molecular flexibility index (Phi) is 3.75. The standard InChI is InChI=1S/C14H10N6O2S2/c21-20(22)13-12(16-11-5-1-2-6-19(11)13)24-14-15-10(17-18-14)8-9-4-3-7-23-9/h1-7H,8H2,(H,15,17,18). The van der Waals surface area contributed by atoms with Crippen molar-refractivity contribution >= 4 is 34.6 Å². The van der Waals surface area contributed by atoms with Crippen molar-refractivity contribution in [1.82, 2.24) is 24.6 Å². The van der Waals surface area contributed by atoms with Crippen LogP contribution in [0.5, 0.6) is 0 Å². The fourth-order valence-electron chi connectivity index (χ4n) is 2.26. The topological polar surface area (TPSA) is 102 Å². The number of H-pyrrole nitrogens is 1. The predicted molar refractivity (Wildman–Crippen MR) is 89.5 cm³/mol. The maximum absolute atomic E-state index is 11.4. The Morgan fingerprint density at radius 2 is 2.21 bits per heavy atom. The number of imidazole rings is 1. The van der Waals surface area contributed by atoms with Gasteiger partial charge < -0.3 is 10.1 Å². The van der Waals surface area contributed by atoms with E-state index in [1.165, 1.54) is 9.28 Å². The number of nitro groups is 1. The van der Waals surface area contributed by atoms with Crippen LogP contribution in [0.4, 0.5) is 5.82 Å². The Hall–Kier alpha value is -2.72. The molecule has 0 aliphatic rings. The number of nitrogens with one attached hydrogen (secondary N) is 1. The SMILES string of the molecule is O=[N+]([O-])c1c(Sc2n[nH]c(Cc3cccs3)n2)nc2ccccn12. The maximum atomic E-state index is 11.4. The second-order valence-electron chi connectivity index (χ2n) is 4.85. The minimum atomic E-state index is -0.443. The third-order valence-corrected chi connectivity index (χ3v) is 4.98. The molecule has 0 radical (unpaired) electrons. The zero-order valence-corrected chi connectivity index (χ0v) is 13.8. The summed E-state index contributed by atoms with van der Waals surface area (Å²) < 4.78 is 1.45. The van der Waals surface area contributed by atoms with Crippen molar-refractivity contribution in [3.05, 3.63) is 62.7 Å². The highest BCUT2D eigenvalue weighted by Gasteiger charge is 2.24. The Labute approximate surface area is 143 Å². The largest absolute Gasteiger partial charge is 0.362 e. The first-order valence-electron chi connectivity index (χ1n) is 6.94. The molecule has 0 spiro atoms. The Morgan fingerprint density at radius 3 is 3.00 bits per heavy atom. The monoisotopic (exact) mass is 358 g/mol.